The first-order valence-corrected chi connectivity index (χ1v) is 5.58. The topological polar surface area (TPSA) is 74.2 Å². The Labute approximate surface area is 99.6 Å². The Morgan fingerprint density at radius 3 is 3.06 bits per heavy atom. The molecule has 90 valence electrons. The lowest BCUT2D eigenvalue weighted by Gasteiger charge is -2.11. The van der Waals surface area contributed by atoms with Crippen molar-refractivity contribution in [3.8, 4) is 0 Å². The van der Waals surface area contributed by atoms with E-state index in [9.17, 15) is 4.79 Å². The van der Waals surface area contributed by atoms with Gasteiger partial charge in [-0.2, -0.15) is 0 Å². The first kappa shape index (κ1) is 11.6. The molecule has 0 radical (unpaired) electrons. The van der Waals surface area contributed by atoms with E-state index in [2.05, 4.69) is 15.6 Å². The molecule has 1 aliphatic heterocycles. The molecule has 1 atom stereocenters. The van der Waals surface area contributed by atoms with Gasteiger partial charge in [-0.15, -0.1) is 0 Å². The lowest BCUT2D eigenvalue weighted by molar-refractivity contribution is -0.131. The van der Waals surface area contributed by atoms with E-state index in [1.165, 1.54) is 6.08 Å². The normalized spacial score (nSPS) is 19.6. The number of carbonyl (C=O) groups is 1. The Kier molecular flexibility index (Phi) is 3.72. The van der Waals surface area contributed by atoms with Crippen molar-refractivity contribution in [1.29, 1.82) is 0 Å². The maximum atomic E-state index is 10.3. The van der Waals surface area contributed by atoms with Gasteiger partial charge < -0.3 is 15.7 Å². The number of aromatic nitrogens is 1. The molecule has 0 spiro atoms. The van der Waals surface area contributed by atoms with Gasteiger partial charge in [0.25, 0.3) is 0 Å². The van der Waals surface area contributed by atoms with E-state index in [0.29, 0.717) is 6.04 Å². The predicted molar refractivity (Wildman–Crippen MR) is 65.8 cm³/mol. The molecule has 1 aromatic rings. The number of anilines is 1. The second kappa shape index (κ2) is 5.45. The van der Waals surface area contributed by atoms with E-state index in [1.54, 1.807) is 6.20 Å². The molecular formula is C12H15N3O2. The number of carboxylic acids is 1. The fourth-order valence-electron chi connectivity index (χ4n) is 1.74. The third kappa shape index (κ3) is 3.57. The minimum atomic E-state index is -0.954. The van der Waals surface area contributed by atoms with Crippen molar-refractivity contribution in [2.24, 2.45) is 0 Å². The Balaban J connectivity index is 1.95. The SMILES string of the molecule is O=C(O)/C=C/c1ccc(N[C@@H]2CCNC2)nc1. The molecule has 0 saturated carbocycles. The van der Waals surface area contributed by atoms with Crippen LogP contribution < -0.4 is 10.6 Å². The van der Waals surface area contributed by atoms with E-state index in [0.717, 1.165) is 37.0 Å². The summed E-state index contributed by atoms with van der Waals surface area (Å²) < 4.78 is 0. The summed E-state index contributed by atoms with van der Waals surface area (Å²) in [6, 6.07) is 4.14. The highest BCUT2D eigenvalue weighted by molar-refractivity contribution is 5.85. The first-order valence-electron chi connectivity index (χ1n) is 5.58. The summed E-state index contributed by atoms with van der Waals surface area (Å²) in [6.45, 7) is 2.00. The van der Waals surface area contributed by atoms with Crippen LogP contribution in [0.1, 0.15) is 12.0 Å². The van der Waals surface area contributed by atoms with E-state index >= 15 is 0 Å². The molecule has 2 rings (SSSR count). The molecule has 1 fully saturated rings. The predicted octanol–water partition coefficient (Wildman–Crippen LogP) is 0.953. The average molecular weight is 233 g/mol. The van der Waals surface area contributed by atoms with Crippen LogP contribution >= 0.6 is 0 Å². The van der Waals surface area contributed by atoms with Gasteiger partial charge in [-0.3, -0.25) is 0 Å². The van der Waals surface area contributed by atoms with Gasteiger partial charge in [0.1, 0.15) is 5.82 Å². The number of aliphatic carboxylic acids is 1. The molecule has 0 aromatic carbocycles. The summed E-state index contributed by atoms with van der Waals surface area (Å²) in [5.41, 5.74) is 0.780. The van der Waals surface area contributed by atoms with E-state index < -0.39 is 5.97 Å². The van der Waals surface area contributed by atoms with Crippen molar-refractivity contribution < 1.29 is 9.90 Å². The van der Waals surface area contributed by atoms with Crippen molar-refractivity contribution in [1.82, 2.24) is 10.3 Å². The highest BCUT2D eigenvalue weighted by Crippen LogP contribution is 2.10. The number of hydrogen-bond donors (Lipinski definition) is 3. The summed E-state index contributed by atoms with van der Waals surface area (Å²) >= 11 is 0. The zero-order valence-electron chi connectivity index (χ0n) is 9.39. The van der Waals surface area contributed by atoms with Gasteiger partial charge in [-0.1, -0.05) is 0 Å². The van der Waals surface area contributed by atoms with Crippen LogP contribution in [-0.2, 0) is 4.79 Å². The molecule has 0 bridgehead atoms. The van der Waals surface area contributed by atoms with Crippen LogP contribution in [0.5, 0.6) is 0 Å². The zero-order chi connectivity index (χ0) is 12.1. The highest BCUT2D eigenvalue weighted by atomic mass is 16.4. The highest BCUT2D eigenvalue weighted by Gasteiger charge is 2.13. The lowest BCUT2D eigenvalue weighted by atomic mass is 10.2. The molecule has 17 heavy (non-hydrogen) atoms. The molecule has 2 heterocycles. The van der Waals surface area contributed by atoms with Crippen LogP contribution in [0.2, 0.25) is 0 Å². The molecule has 0 aliphatic carbocycles. The average Bonchev–Trinajstić information content (AvgIpc) is 2.81. The Morgan fingerprint density at radius 2 is 2.47 bits per heavy atom. The quantitative estimate of drug-likeness (QED) is 0.675. The zero-order valence-corrected chi connectivity index (χ0v) is 9.39. The number of pyridine rings is 1. The van der Waals surface area contributed by atoms with Crippen molar-refractivity contribution in [2.75, 3.05) is 18.4 Å². The van der Waals surface area contributed by atoms with Gasteiger partial charge in [-0.25, -0.2) is 9.78 Å². The van der Waals surface area contributed by atoms with Crippen LogP contribution in [-0.4, -0.2) is 35.2 Å². The first-order chi connectivity index (χ1) is 8.24. The van der Waals surface area contributed by atoms with Gasteiger partial charge in [-0.05, 0) is 36.7 Å². The Bertz CT molecular complexity index is 408. The number of nitrogens with zero attached hydrogens (tertiary/aromatic N) is 1. The van der Waals surface area contributed by atoms with Crippen molar-refractivity contribution in [3.05, 3.63) is 30.0 Å². The molecule has 3 N–H and O–H groups in total. The monoisotopic (exact) mass is 233 g/mol. The number of rotatable bonds is 4. The Hall–Kier alpha value is -1.88. The Morgan fingerprint density at radius 1 is 1.59 bits per heavy atom. The maximum Gasteiger partial charge on any atom is 0.328 e. The summed E-state index contributed by atoms with van der Waals surface area (Å²) in [4.78, 5) is 14.6. The van der Waals surface area contributed by atoms with E-state index in [1.807, 2.05) is 12.1 Å². The molecule has 1 aliphatic rings. The maximum absolute atomic E-state index is 10.3. The second-order valence-electron chi connectivity index (χ2n) is 3.98. The summed E-state index contributed by atoms with van der Waals surface area (Å²) in [5, 5.41) is 15.1. The molecule has 1 saturated heterocycles. The molecule has 0 unspecified atom stereocenters. The van der Waals surface area contributed by atoms with Gasteiger partial charge in [0, 0.05) is 24.9 Å². The van der Waals surface area contributed by atoms with Gasteiger partial charge in [0.05, 0.1) is 0 Å². The number of hydrogen-bond acceptors (Lipinski definition) is 4. The van der Waals surface area contributed by atoms with E-state index in [-0.39, 0.29) is 0 Å². The van der Waals surface area contributed by atoms with E-state index in [4.69, 9.17) is 5.11 Å². The molecule has 5 heteroatoms. The van der Waals surface area contributed by atoms with Crippen LogP contribution in [0.25, 0.3) is 6.08 Å². The fourth-order valence-corrected chi connectivity index (χ4v) is 1.74. The van der Waals surface area contributed by atoms with Gasteiger partial charge in [0.15, 0.2) is 0 Å². The molecule has 0 amide bonds. The summed E-state index contributed by atoms with van der Waals surface area (Å²) in [6.07, 6.45) is 5.38. The number of carboxylic acid groups (broad SMARTS) is 1. The summed E-state index contributed by atoms with van der Waals surface area (Å²) in [7, 11) is 0. The van der Waals surface area contributed by atoms with Gasteiger partial charge in [0.2, 0.25) is 0 Å². The van der Waals surface area contributed by atoms with Crippen molar-refractivity contribution in [3.63, 3.8) is 0 Å². The smallest absolute Gasteiger partial charge is 0.328 e. The van der Waals surface area contributed by atoms with Crippen LogP contribution in [0.4, 0.5) is 5.82 Å². The van der Waals surface area contributed by atoms with Crippen molar-refractivity contribution >= 4 is 17.9 Å². The molecule has 5 nitrogen and oxygen atoms in total. The van der Waals surface area contributed by atoms with Crippen LogP contribution in [0, 0.1) is 0 Å². The van der Waals surface area contributed by atoms with Crippen LogP contribution in [0.15, 0.2) is 24.4 Å². The minimum Gasteiger partial charge on any atom is -0.478 e. The summed E-state index contributed by atoms with van der Waals surface area (Å²) in [5.74, 6) is -0.129. The standard InChI is InChI=1S/C12H15N3O2/c16-12(17)4-2-9-1-3-11(14-7-9)15-10-5-6-13-8-10/h1-4,7,10,13H,5-6,8H2,(H,14,15)(H,16,17)/b4-2+/t10-/m1/s1. The fraction of sp³-hybridized carbons (Fsp3) is 0.333. The third-order valence-electron chi connectivity index (χ3n) is 2.62. The van der Waals surface area contributed by atoms with Crippen LogP contribution in [0.3, 0.4) is 0 Å². The second-order valence-corrected chi connectivity index (χ2v) is 3.98. The third-order valence-corrected chi connectivity index (χ3v) is 2.62. The van der Waals surface area contributed by atoms with Gasteiger partial charge >= 0.3 is 5.97 Å². The number of nitrogens with one attached hydrogen (secondary N) is 2. The molecule has 1 aromatic heterocycles. The largest absolute Gasteiger partial charge is 0.478 e. The molecular weight excluding hydrogens is 218 g/mol. The lowest BCUT2D eigenvalue weighted by Crippen LogP contribution is -2.22. The minimum absolute atomic E-state index is 0.433. The van der Waals surface area contributed by atoms with Crippen molar-refractivity contribution in [2.45, 2.75) is 12.5 Å².